The van der Waals surface area contributed by atoms with Crippen LogP contribution in [-0.4, -0.2) is 25.3 Å². The van der Waals surface area contributed by atoms with Crippen molar-refractivity contribution in [3.63, 3.8) is 0 Å². The van der Waals surface area contributed by atoms with Crippen LogP contribution in [0.25, 0.3) is 0 Å². The Morgan fingerprint density at radius 3 is 2.60 bits per heavy atom. The first-order chi connectivity index (χ1) is 9.51. The van der Waals surface area contributed by atoms with Crippen molar-refractivity contribution in [2.45, 2.75) is 51.6 Å². The van der Waals surface area contributed by atoms with Crippen LogP contribution in [0.1, 0.15) is 50.2 Å². The molecule has 2 nitrogen and oxygen atoms in total. The highest BCUT2D eigenvalue weighted by molar-refractivity contribution is 5.28. The lowest BCUT2D eigenvalue weighted by molar-refractivity contribution is -0.119. The highest BCUT2D eigenvalue weighted by atomic mass is 16.5. The molecule has 1 aromatic rings. The standard InChI is InChI=1S/C18H27NO/c1-14-4-6-15(7-5-14)16-12-19-10-8-18(16)9-11-20-17(2,3)13-18/h4-7,16,19H,8-13H2,1-3H3. The van der Waals surface area contributed by atoms with Crippen molar-refractivity contribution in [1.29, 1.82) is 0 Å². The third kappa shape index (κ3) is 2.64. The van der Waals surface area contributed by atoms with E-state index in [4.69, 9.17) is 4.74 Å². The second-order valence-electron chi connectivity index (χ2n) is 7.31. The molecule has 3 rings (SSSR count). The Balaban J connectivity index is 1.92. The summed E-state index contributed by atoms with van der Waals surface area (Å²) in [7, 11) is 0. The van der Waals surface area contributed by atoms with E-state index in [0.717, 1.165) is 19.7 Å². The molecule has 1 N–H and O–H groups in total. The fourth-order valence-electron chi connectivity index (χ4n) is 4.27. The Bertz CT molecular complexity index is 461. The zero-order valence-electron chi connectivity index (χ0n) is 13.0. The summed E-state index contributed by atoms with van der Waals surface area (Å²) in [5.41, 5.74) is 3.29. The van der Waals surface area contributed by atoms with E-state index in [1.807, 2.05) is 0 Å². The van der Waals surface area contributed by atoms with Gasteiger partial charge < -0.3 is 10.1 Å². The Morgan fingerprint density at radius 1 is 1.15 bits per heavy atom. The minimum absolute atomic E-state index is 0.0263. The molecular formula is C18H27NO. The number of rotatable bonds is 1. The zero-order chi connectivity index (χ0) is 14.2. The largest absolute Gasteiger partial charge is 0.376 e. The lowest BCUT2D eigenvalue weighted by Crippen LogP contribution is -2.51. The Morgan fingerprint density at radius 2 is 1.90 bits per heavy atom. The molecule has 2 atom stereocenters. The first-order valence-corrected chi connectivity index (χ1v) is 7.92. The molecule has 0 amide bonds. The lowest BCUT2D eigenvalue weighted by Gasteiger charge is -2.52. The van der Waals surface area contributed by atoms with Crippen LogP contribution in [0.2, 0.25) is 0 Å². The Kier molecular flexibility index (Phi) is 3.64. The predicted octanol–water partition coefficient (Wildman–Crippen LogP) is 3.65. The van der Waals surface area contributed by atoms with Crippen LogP contribution in [0.3, 0.4) is 0 Å². The second kappa shape index (κ2) is 5.16. The lowest BCUT2D eigenvalue weighted by atomic mass is 9.60. The van der Waals surface area contributed by atoms with E-state index in [1.165, 1.54) is 30.4 Å². The predicted molar refractivity (Wildman–Crippen MR) is 83.1 cm³/mol. The van der Waals surface area contributed by atoms with Crippen molar-refractivity contribution < 1.29 is 4.74 Å². The molecule has 2 saturated heterocycles. The zero-order valence-corrected chi connectivity index (χ0v) is 13.0. The number of nitrogens with one attached hydrogen (secondary N) is 1. The van der Waals surface area contributed by atoms with Crippen LogP contribution in [0.5, 0.6) is 0 Å². The van der Waals surface area contributed by atoms with Gasteiger partial charge in [0, 0.05) is 19.1 Å². The van der Waals surface area contributed by atoms with Crippen LogP contribution < -0.4 is 5.32 Å². The summed E-state index contributed by atoms with van der Waals surface area (Å²) in [6.07, 6.45) is 3.66. The van der Waals surface area contributed by atoms with Crippen molar-refractivity contribution in [3.05, 3.63) is 35.4 Å². The van der Waals surface area contributed by atoms with Gasteiger partial charge in [-0.1, -0.05) is 29.8 Å². The number of piperidine rings is 1. The van der Waals surface area contributed by atoms with Crippen LogP contribution in [0, 0.1) is 12.3 Å². The third-order valence-corrected chi connectivity index (χ3v) is 5.24. The smallest absolute Gasteiger partial charge is 0.0632 e. The van der Waals surface area contributed by atoms with E-state index in [2.05, 4.69) is 50.4 Å². The molecule has 2 unspecified atom stereocenters. The van der Waals surface area contributed by atoms with Crippen LogP contribution in [-0.2, 0) is 4.74 Å². The average molecular weight is 273 g/mol. The molecule has 2 aliphatic rings. The summed E-state index contributed by atoms with van der Waals surface area (Å²) in [6, 6.07) is 9.17. The summed E-state index contributed by atoms with van der Waals surface area (Å²) < 4.78 is 5.98. The summed E-state index contributed by atoms with van der Waals surface area (Å²) in [5.74, 6) is 0.625. The SMILES string of the molecule is Cc1ccc(C2CNCCC23CCOC(C)(C)C3)cc1. The molecular weight excluding hydrogens is 246 g/mol. The summed E-state index contributed by atoms with van der Waals surface area (Å²) in [4.78, 5) is 0. The van der Waals surface area contributed by atoms with Gasteiger partial charge in [0.2, 0.25) is 0 Å². The van der Waals surface area contributed by atoms with E-state index in [-0.39, 0.29) is 5.60 Å². The van der Waals surface area contributed by atoms with E-state index >= 15 is 0 Å². The molecule has 0 saturated carbocycles. The van der Waals surface area contributed by atoms with Gasteiger partial charge in [0.15, 0.2) is 0 Å². The highest BCUT2D eigenvalue weighted by Gasteiger charge is 2.47. The number of aryl methyl sites for hydroxylation is 1. The van der Waals surface area contributed by atoms with Crippen molar-refractivity contribution in [1.82, 2.24) is 5.32 Å². The first-order valence-electron chi connectivity index (χ1n) is 7.92. The Hall–Kier alpha value is -0.860. The van der Waals surface area contributed by atoms with Crippen molar-refractivity contribution in [2.75, 3.05) is 19.7 Å². The first kappa shape index (κ1) is 14.1. The molecule has 2 heterocycles. The van der Waals surface area contributed by atoms with Gasteiger partial charge in [0.1, 0.15) is 0 Å². The molecule has 2 heteroatoms. The summed E-state index contributed by atoms with van der Waals surface area (Å²) in [6.45, 7) is 9.84. The van der Waals surface area contributed by atoms with E-state index < -0.39 is 0 Å². The van der Waals surface area contributed by atoms with Crippen molar-refractivity contribution in [3.8, 4) is 0 Å². The molecule has 2 aliphatic heterocycles. The quantitative estimate of drug-likeness (QED) is 0.843. The molecule has 1 spiro atoms. The maximum absolute atomic E-state index is 5.98. The minimum Gasteiger partial charge on any atom is -0.376 e. The summed E-state index contributed by atoms with van der Waals surface area (Å²) >= 11 is 0. The Labute approximate surface area is 122 Å². The fraction of sp³-hybridized carbons (Fsp3) is 0.667. The minimum atomic E-state index is 0.0263. The number of ether oxygens (including phenoxy) is 1. The van der Waals surface area contributed by atoms with E-state index in [9.17, 15) is 0 Å². The van der Waals surface area contributed by atoms with Gasteiger partial charge in [-0.15, -0.1) is 0 Å². The van der Waals surface area contributed by atoms with Crippen molar-refractivity contribution in [2.24, 2.45) is 5.41 Å². The van der Waals surface area contributed by atoms with E-state index in [1.54, 1.807) is 0 Å². The van der Waals surface area contributed by atoms with Crippen LogP contribution >= 0.6 is 0 Å². The van der Waals surface area contributed by atoms with Crippen LogP contribution in [0.15, 0.2) is 24.3 Å². The van der Waals surface area contributed by atoms with Gasteiger partial charge in [-0.3, -0.25) is 0 Å². The summed E-state index contributed by atoms with van der Waals surface area (Å²) in [5, 5.41) is 3.61. The fourth-order valence-corrected chi connectivity index (χ4v) is 4.27. The molecule has 110 valence electrons. The molecule has 0 radical (unpaired) electrons. The molecule has 1 aromatic carbocycles. The van der Waals surface area contributed by atoms with E-state index in [0.29, 0.717) is 11.3 Å². The molecule has 20 heavy (non-hydrogen) atoms. The molecule has 0 bridgehead atoms. The van der Waals surface area contributed by atoms with Gasteiger partial charge in [0.05, 0.1) is 5.60 Å². The van der Waals surface area contributed by atoms with Gasteiger partial charge in [0.25, 0.3) is 0 Å². The monoisotopic (exact) mass is 273 g/mol. The maximum Gasteiger partial charge on any atom is 0.0632 e. The van der Waals surface area contributed by atoms with Gasteiger partial charge in [-0.05, 0) is 57.6 Å². The topological polar surface area (TPSA) is 21.3 Å². The second-order valence-corrected chi connectivity index (χ2v) is 7.31. The normalized spacial score (nSPS) is 33.2. The highest BCUT2D eigenvalue weighted by Crippen LogP contribution is 2.51. The number of hydrogen-bond acceptors (Lipinski definition) is 2. The molecule has 0 aliphatic carbocycles. The third-order valence-electron chi connectivity index (χ3n) is 5.24. The average Bonchev–Trinajstić information content (AvgIpc) is 2.39. The molecule has 2 fully saturated rings. The maximum atomic E-state index is 5.98. The van der Waals surface area contributed by atoms with Crippen molar-refractivity contribution >= 4 is 0 Å². The molecule has 0 aromatic heterocycles. The van der Waals surface area contributed by atoms with Gasteiger partial charge >= 0.3 is 0 Å². The van der Waals surface area contributed by atoms with Crippen LogP contribution in [0.4, 0.5) is 0 Å². The number of hydrogen-bond donors (Lipinski definition) is 1. The van der Waals surface area contributed by atoms with Gasteiger partial charge in [-0.2, -0.15) is 0 Å². The van der Waals surface area contributed by atoms with Gasteiger partial charge in [-0.25, -0.2) is 0 Å². The number of benzene rings is 1.